The molecule has 25 heavy (non-hydrogen) atoms. The monoisotopic (exact) mass is 345 g/mol. The standard InChI is InChI=1S/C19H18F3N3/c20-19(21,22)14-1-2-17-15(11-14)16-12-24-9-5-18(16)25(17)10-6-13-3-7-23-8-4-13/h1-4,7-8,11,24H,5-6,9-10,12H2. The number of hydrogen-bond donors (Lipinski definition) is 1. The van der Waals surface area contributed by atoms with Gasteiger partial charge in [-0.25, -0.2) is 0 Å². The molecule has 0 atom stereocenters. The highest BCUT2D eigenvalue weighted by Crippen LogP contribution is 2.35. The Hall–Kier alpha value is -2.34. The van der Waals surface area contributed by atoms with Crippen LogP contribution >= 0.6 is 0 Å². The lowest BCUT2D eigenvalue weighted by atomic mass is 10.0. The van der Waals surface area contributed by atoms with Crippen LogP contribution in [0.2, 0.25) is 0 Å². The zero-order chi connectivity index (χ0) is 17.4. The van der Waals surface area contributed by atoms with Gasteiger partial charge in [0, 0.05) is 55.0 Å². The Balaban J connectivity index is 1.77. The van der Waals surface area contributed by atoms with E-state index in [1.54, 1.807) is 18.5 Å². The summed E-state index contributed by atoms with van der Waals surface area (Å²) in [6.45, 7) is 2.22. The second-order valence-corrected chi connectivity index (χ2v) is 6.34. The highest BCUT2D eigenvalue weighted by molar-refractivity contribution is 5.86. The number of pyridine rings is 1. The average Bonchev–Trinajstić information content (AvgIpc) is 2.93. The predicted molar refractivity (Wildman–Crippen MR) is 90.3 cm³/mol. The van der Waals surface area contributed by atoms with Crippen molar-refractivity contribution in [1.82, 2.24) is 14.9 Å². The van der Waals surface area contributed by atoms with E-state index in [0.717, 1.165) is 42.7 Å². The van der Waals surface area contributed by atoms with Gasteiger partial charge in [0.15, 0.2) is 0 Å². The average molecular weight is 345 g/mol. The van der Waals surface area contributed by atoms with Crippen molar-refractivity contribution in [3.8, 4) is 0 Å². The first-order chi connectivity index (χ1) is 12.0. The second kappa shape index (κ2) is 6.19. The van der Waals surface area contributed by atoms with Gasteiger partial charge in [0.25, 0.3) is 0 Å². The quantitative estimate of drug-likeness (QED) is 0.779. The van der Waals surface area contributed by atoms with Crippen LogP contribution in [-0.4, -0.2) is 16.1 Å². The molecule has 6 heteroatoms. The number of benzene rings is 1. The van der Waals surface area contributed by atoms with Gasteiger partial charge >= 0.3 is 6.18 Å². The van der Waals surface area contributed by atoms with E-state index in [9.17, 15) is 13.2 Å². The zero-order valence-corrected chi connectivity index (χ0v) is 13.6. The summed E-state index contributed by atoms with van der Waals surface area (Å²) in [7, 11) is 0. The first kappa shape index (κ1) is 16.1. The number of fused-ring (bicyclic) bond motifs is 3. The Morgan fingerprint density at radius 2 is 1.92 bits per heavy atom. The fourth-order valence-corrected chi connectivity index (χ4v) is 3.60. The normalized spacial score (nSPS) is 14.7. The van der Waals surface area contributed by atoms with Gasteiger partial charge in [-0.1, -0.05) is 0 Å². The fraction of sp³-hybridized carbons (Fsp3) is 0.316. The molecule has 3 nitrogen and oxygen atoms in total. The molecule has 1 aliphatic heterocycles. The van der Waals surface area contributed by atoms with Gasteiger partial charge < -0.3 is 9.88 Å². The lowest BCUT2D eigenvalue weighted by molar-refractivity contribution is -0.137. The highest BCUT2D eigenvalue weighted by Gasteiger charge is 2.31. The molecule has 1 aliphatic rings. The molecule has 1 aromatic carbocycles. The molecule has 0 amide bonds. The molecule has 0 spiro atoms. The fourth-order valence-electron chi connectivity index (χ4n) is 3.60. The SMILES string of the molecule is FC(F)(F)c1ccc2c(c1)c1c(n2CCc2ccncc2)CCNC1. The molecular weight excluding hydrogens is 327 g/mol. The predicted octanol–water partition coefficient (Wildman–Crippen LogP) is 3.94. The molecule has 1 N–H and O–H groups in total. The van der Waals surface area contributed by atoms with Crippen molar-refractivity contribution >= 4 is 10.9 Å². The van der Waals surface area contributed by atoms with E-state index in [-0.39, 0.29) is 0 Å². The summed E-state index contributed by atoms with van der Waals surface area (Å²) in [5.74, 6) is 0. The second-order valence-electron chi connectivity index (χ2n) is 6.34. The first-order valence-electron chi connectivity index (χ1n) is 8.35. The number of nitrogens with one attached hydrogen (secondary N) is 1. The largest absolute Gasteiger partial charge is 0.416 e. The molecule has 0 bridgehead atoms. The van der Waals surface area contributed by atoms with E-state index in [1.165, 1.54) is 17.7 Å². The molecule has 3 aromatic rings. The number of nitrogens with zero attached hydrogens (tertiary/aromatic N) is 2. The Morgan fingerprint density at radius 1 is 1.12 bits per heavy atom. The molecular formula is C19H18F3N3. The molecule has 0 saturated heterocycles. The number of hydrogen-bond acceptors (Lipinski definition) is 2. The summed E-state index contributed by atoms with van der Waals surface area (Å²) in [6.07, 6.45) is 0.868. The van der Waals surface area contributed by atoms with Gasteiger partial charge in [-0.15, -0.1) is 0 Å². The lowest BCUT2D eigenvalue weighted by Gasteiger charge is -2.17. The van der Waals surface area contributed by atoms with Crippen molar-refractivity contribution in [3.05, 3.63) is 65.1 Å². The van der Waals surface area contributed by atoms with E-state index in [1.807, 2.05) is 12.1 Å². The van der Waals surface area contributed by atoms with Gasteiger partial charge in [-0.3, -0.25) is 4.98 Å². The summed E-state index contributed by atoms with van der Waals surface area (Å²) in [5, 5.41) is 3.99. The highest BCUT2D eigenvalue weighted by atomic mass is 19.4. The van der Waals surface area contributed by atoms with Crippen molar-refractivity contribution in [2.75, 3.05) is 6.54 Å². The minimum atomic E-state index is -4.32. The summed E-state index contributed by atoms with van der Waals surface area (Å²) < 4.78 is 41.5. The van der Waals surface area contributed by atoms with Crippen molar-refractivity contribution in [3.63, 3.8) is 0 Å². The topological polar surface area (TPSA) is 29.9 Å². The van der Waals surface area contributed by atoms with Crippen molar-refractivity contribution in [1.29, 1.82) is 0 Å². The van der Waals surface area contributed by atoms with E-state index in [2.05, 4.69) is 14.9 Å². The maximum absolute atomic E-state index is 13.1. The van der Waals surface area contributed by atoms with Crippen LogP contribution in [0, 0.1) is 0 Å². The minimum Gasteiger partial charge on any atom is -0.344 e. The Bertz CT molecular complexity index is 898. The van der Waals surface area contributed by atoms with E-state index in [4.69, 9.17) is 0 Å². The third kappa shape index (κ3) is 3.02. The Labute approximate surface area is 143 Å². The van der Waals surface area contributed by atoms with Gasteiger partial charge in [0.05, 0.1) is 5.56 Å². The summed E-state index contributed by atoms with van der Waals surface area (Å²) in [6, 6.07) is 8.04. The minimum absolute atomic E-state index is 0.584. The Morgan fingerprint density at radius 3 is 2.68 bits per heavy atom. The van der Waals surface area contributed by atoms with E-state index in [0.29, 0.717) is 11.9 Å². The smallest absolute Gasteiger partial charge is 0.344 e. The van der Waals surface area contributed by atoms with Gasteiger partial charge in [0.2, 0.25) is 0 Å². The molecule has 0 aliphatic carbocycles. The Kier molecular flexibility index (Phi) is 4.00. The van der Waals surface area contributed by atoms with E-state index < -0.39 is 11.7 Å². The summed E-state index contributed by atoms with van der Waals surface area (Å²) in [5.41, 5.74) is 3.63. The first-order valence-corrected chi connectivity index (χ1v) is 8.35. The van der Waals surface area contributed by atoms with Crippen LogP contribution in [0.25, 0.3) is 10.9 Å². The molecule has 4 rings (SSSR count). The van der Waals surface area contributed by atoms with Crippen LogP contribution in [0.5, 0.6) is 0 Å². The molecule has 0 fully saturated rings. The third-order valence-electron chi connectivity index (χ3n) is 4.83. The summed E-state index contributed by atoms with van der Waals surface area (Å²) >= 11 is 0. The van der Waals surface area contributed by atoms with Crippen molar-refractivity contribution < 1.29 is 13.2 Å². The van der Waals surface area contributed by atoms with Crippen LogP contribution in [0.15, 0.2) is 42.7 Å². The van der Waals surface area contributed by atoms with Gasteiger partial charge in [0.1, 0.15) is 0 Å². The van der Waals surface area contributed by atoms with E-state index >= 15 is 0 Å². The third-order valence-corrected chi connectivity index (χ3v) is 4.83. The van der Waals surface area contributed by atoms with Gasteiger partial charge in [-0.05, 0) is 47.9 Å². The maximum atomic E-state index is 13.1. The van der Waals surface area contributed by atoms with Crippen LogP contribution in [-0.2, 0) is 32.1 Å². The maximum Gasteiger partial charge on any atom is 0.416 e. The lowest BCUT2D eigenvalue weighted by Crippen LogP contribution is -2.24. The molecule has 130 valence electrons. The number of aryl methyl sites for hydroxylation is 2. The van der Waals surface area contributed by atoms with Crippen LogP contribution in [0.3, 0.4) is 0 Å². The summed E-state index contributed by atoms with van der Waals surface area (Å²) in [4.78, 5) is 4.02. The molecule has 0 radical (unpaired) electrons. The van der Waals surface area contributed by atoms with Crippen LogP contribution in [0.4, 0.5) is 13.2 Å². The molecule has 3 heterocycles. The number of aromatic nitrogens is 2. The molecule has 2 aromatic heterocycles. The number of rotatable bonds is 3. The number of alkyl halides is 3. The molecule has 0 unspecified atom stereocenters. The molecule has 0 saturated carbocycles. The van der Waals surface area contributed by atoms with Crippen molar-refractivity contribution in [2.45, 2.75) is 32.1 Å². The van der Waals surface area contributed by atoms with Crippen LogP contribution < -0.4 is 5.32 Å². The van der Waals surface area contributed by atoms with Gasteiger partial charge in [-0.2, -0.15) is 13.2 Å². The van der Waals surface area contributed by atoms with Crippen LogP contribution in [0.1, 0.15) is 22.4 Å². The zero-order valence-electron chi connectivity index (χ0n) is 13.6. The number of halogens is 3. The van der Waals surface area contributed by atoms with Crippen molar-refractivity contribution in [2.24, 2.45) is 0 Å².